The minimum atomic E-state index is -4.06. The molecule has 1 fully saturated rings. The van der Waals surface area contributed by atoms with Gasteiger partial charge < -0.3 is 14.4 Å². The van der Waals surface area contributed by atoms with Gasteiger partial charge in [-0.2, -0.15) is 0 Å². The third-order valence-electron chi connectivity index (χ3n) is 6.00. The summed E-state index contributed by atoms with van der Waals surface area (Å²) in [6.45, 7) is 6.74. The molecule has 0 aromatic heterocycles. The Morgan fingerprint density at radius 3 is 2.26 bits per heavy atom. The zero-order valence-electron chi connectivity index (χ0n) is 22.2. The summed E-state index contributed by atoms with van der Waals surface area (Å²) in [5.74, 6) is -2.59. The first kappa shape index (κ1) is 30.6. The van der Waals surface area contributed by atoms with Crippen molar-refractivity contribution in [3.05, 3.63) is 64.2 Å². The molecule has 0 spiro atoms. The topological polar surface area (TPSA) is 96.5 Å². The number of esters is 1. The van der Waals surface area contributed by atoms with Crippen LogP contribution < -0.4 is 4.31 Å². The number of rotatable bonds is 8. The van der Waals surface area contributed by atoms with Gasteiger partial charge >= 0.3 is 12.1 Å². The lowest BCUT2D eigenvalue weighted by Crippen LogP contribution is -2.51. The second-order valence-electron chi connectivity index (χ2n) is 10.0. The number of hydrogen-bond donors (Lipinski definition) is 0. The monoisotopic (exact) mass is 587 g/mol. The van der Waals surface area contributed by atoms with Crippen LogP contribution in [-0.2, 0) is 26.0 Å². The number of piperazine rings is 1. The van der Waals surface area contributed by atoms with E-state index in [4.69, 9.17) is 16.3 Å². The molecule has 39 heavy (non-hydrogen) atoms. The van der Waals surface area contributed by atoms with Gasteiger partial charge in [0.2, 0.25) is 10.0 Å². The van der Waals surface area contributed by atoms with Gasteiger partial charge in [-0.15, -0.1) is 0 Å². The predicted octanol–water partition coefficient (Wildman–Crippen LogP) is 4.29. The molecule has 13 heteroatoms. The van der Waals surface area contributed by atoms with E-state index in [0.717, 1.165) is 29.6 Å². The van der Waals surface area contributed by atoms with Gasteiger partial charge in [0.05, 0.1) is 35.7 Å². The Morgan fingerprint density at radius 1 is 1.03 bits per heavy atom. The van der Waals surface area contributed by atoms with Crippen molar-refractivity contribution in [2.75, 3.05) is 49.9 Å². The highest BCUT2D eigenvalue weighted by atomic mass is 35.5. The molecule has 1 heterocycles. The number of ether oxygens (including phenoxy) is 2. The molecule has 0 radical (unpaired) electrons. The van der Waals surface area contributed by atoms with Crippen molar-refractivity contribution >= 4 is 39.4 Å². The van der Waals surface area contributed by atoms with E-state index in [0.29, 0.717) is 26.2 Å². The molecule has 9 nitrogen and oxygen atoms in total. The molecule has 0 N–H and O–H groups in total. The summed E-state index contributed by atoms with van der Waals surface area (Å²) < 4.78 is 66.7. The summed E-state index contributed by atoms with van der Waals surface area (Å²) in [6.07, 6.45) is -0.422. The molecule has 1 saturated heterocycles. The van der Waals surface area contributed by atoms with Gasteiger partial charge in [-0.1, -0.05) is 17.7 Å². The third kappa shape index (κ3) is 8.26. The maximum absolute atomic E-state index is 14.9. The minimum absolute atomic E-state index is 0.00218. The van der Waals surface area contributed by atoms with E-state index < -0.39 is 45.9 Å². The standard InChI is InChI=1S/C26H32ClF2N3O6S/c1-26(2,3)38-25(34)31-11-9-30(10-12-31)13-14-39(35,36)32(20-7-8-22(28)21(27)16-20)17-19-6-5-18(15-23(19)29)24(33)37-4/h5-8,15-16H,9-14,17H2,1-4H3. The predicted molar refractivity (Wildman–Crippen MR) is 143 cm³/mol. The fraction of sp³-hybridized carbons (Fsp3) is 0.462. The highest BCUT2D eigenvalue weighted by molar-refractivity contribution is 7.92. The molecule has 1 amide bonds. The number of benzene rings is 2. The molecule has 0 unspecified atom stereocenters. The molecule has 214 valence electrons. The molecule has 1 aliphatic rings. The molecule has 0 saturated carbocycles. The van der Waals surface area contributed by atoms with Crippen LogP contribution >= 0.6 is 11.6 Å². The van der Waals surface area contributed by atoms with Crippen LogP contribution in [0.2, 0.25) is 5.02 Å². The van der Waals surface area contributed by atoms with Crippen LogP contribution in [0.5, 0.6) is 0 Å². The highest BCUT2D eigenvalue weighted by Gasteiger charge is 2.29. The maximum Gasteiger partial charge on any atom is 0.410 e. The van der Waals surface area contributed by atoms with Gasteiger partial charge in [0.15, 0.2) is 0 Å². The molecule has 1 aliphatic heterocycles. The van der Waals surface area contributed by atoms with E-state index in [1.54, 1.807) is 25.7 Å². The number of methoxy groups -OCH3 is 1. The summed E-state index contributed by atoms with van der Waals surface area (Å²) >= 11 is 5.92. The fourth-order valence-electron chi connectivity index (χ4n) is 3.90. The fourth-order valence-corrected chi connectivity index (χ4v) is 5.56. The average Bonchev–Trinajstić information content (AvgIpc) is 2.87. The third-order valence-corrected chi connectivity index (χ3v) is 8.00. The Bertz CT molecular complexity index is 1310. The zero-order valence-corrected chi connectivity index (χ0v) is 23.8. The summed E-state index contributed by atoms with van der Waals surface area (Å²) in [7, 11) is -2.89. The Labute approximate surface area is 232 Å². The highest BCUT2D eigenvalue weighted by Crippen LogP contribution is 2.28. The van der Waals surface area contributed by atoms with Crippen LogP contribution in [0.4, 0.5) is 19.3 Å². The van der Waals surface area contributed by atoms with Gasteiger partial charge in [0.1, 0.15) is 17.2 Å². The number of carbonyl (C=O) groups excluding carboxylic acids is 2. The summed E-state index contributed by atoms with van der Waals surface area (Å²) in [6, 6.07) is 7.04. The van der Waals surface area contributed by atoms with E-state index in [1.807, 2.05) is 4.90 Å². The van der Waals surface area contributed by atoms with Gasteiger partial charge in [0.25, 0.3) is 0 Å². The quantitative estimate of drug-likeness (QED) is 0.425. The largest absolute Gasteiger partial charge is 0.465 e. The summed E-state index contributed by atoms with van der Waals surface area (Å²) in [5.41, 5.74) is -0.581. The van der Waals surface area contributed by atoms with Crippen LogP contribution in [0.25, 0.3) is 0 Å². The SMILES string of the molecule is COC(=O)c1ccc(CN(c2ccc(F)c(Cl)c2)S(=O)(=O)CCN2CCN(C(=O)OC(C)(C)C)CC2)c(F)c1. The summed E-state index contributed by atoms with van der Waals surface area (Å²) in [5, 5.41) is -0.285. The first-order valence-corrected chi connectivity index (χ1v) is 14.2. The first-order valence-electron chi connectivity index (χ1n) is 12.2. The van der Waals surface area contributed by atoms with E-state index in [-0.39, 0.29) is 34.1 Å². The van der Waals surface area contributed by atoms with Crippen molar-refractivity contribution in [2.24, 2.45) is 0 Å². The van der Waals surface area contributed by atoms with Crippen molar-refractivity contribution in [1.82, 2.24) is 9.80 Å². The number of hydrogen-bond acceptors (Lipinski definition) is 7. The Kier molecular flexibility index (Phi) is 9.78. The van der Waals surface area contributed by atoms with E-state index in [9.17, 15) is 26.8 Å². The minimum Gasteiger partial charge on any atom is -0.465 e. The normalized spacial score (nSPS) is 14.7. The van der Waals surface area contributed by atoms with Gasteiger partial charge in [-0.05, 0) is 51.1 Å². The van der Waals surface area contributed by atoms with Crippen LogP contribution in [0.1, 0.15) is 36.7 Å². The lowest BCUT2D eigenvalue weighted by atomic mass is 10.1. The number of sulfonamides is 1. The maximum atomic E-state index is 14.9. The number of nitrogens with zero attached hydrogens (tertiary/aromatic N) is 3. The van der Waals surface area contributed by atoms with Gasteiger partial charge in [0, 0.05) is 38.3 Å². The summed E-state index contributed by atoms with van der Waals surface area (Å²) in [4.78, 5) is 27.5. The Hall–Kier alpha value is -2.96. The van der Waals surface area contributed by atoms with Crippen LogP contribution in [0.3, 0.4) is 0 Å². The molecular formula is C26H32ClF2N3O6S. The molecular weight excluding hydrogens is 556 g/mol. The number of halogens is 3. The molecule has 0 aliphatic carbocycles. The number of amides is 1. The van der Waals surface area contributed by atoms with E-state index in [1.165, 1.54) is 18.2 Å². The van der Waals surface area contributed by atoms with Crippen molar-refractivity contribution in [1.29, 1.82) is 0 Å². The van der Waals surface area contributed by atoms with Crippen molar-refractivity contribution in [2.45, 2.75) is 32.9 Å². The number of carbonyl (C=O) groups is 2. The Morgan fingerprint density at radius 2 is 1.69 bits per heavy atom. The van der Waals surface area contributed by atoms with E-state index in [2.05, 4.69) is 4.74 Å². The zero-order chi connectivity index (χ0) is 29.0. The van der Waals surface area contributed by atoms with Crippen LogP contribution in [0.15, 0.2) is 36.4 Å². The molecule has 2 aromatic rings. The second kappa shape index (κ2) is 12.5. The number of anilines is 1. The van der Waals surface area contributed by atoms with Crippen LogP contribution in [0, 0.1) is 11.6 Å². The molecule has 2 aromatic carbocycles. The smallest absolute Gasteiger partial charge is 0.410 e. The second-order valence-corrected chi connectivity index (χ2v) is 12.4. The van der Waals surface area contributed by atoms with Crippen LogP contribution in [-0.4, -0.2) is 81.5 Å². The first-order chi connectivity index (χ1) is 18.2. The Balaban J connectivity index is 1.75. The lowest BCUT2D eigenvalue weighted by Gasteiger charge is -2.36. The van der Waals surface area contributed by atoms with Gasteiger partial charge in [-0.25, -0.2) is 26.8 Å². The van der Waals surface area contributed by atoms with Crippen molar-refractivity contribution in [3.8, 4) is 0 Å². The molecule has 0 atom stereocenters. The van der Waals surface area contributed by atoms with Crippen molar-refractivity contribution < 1.29 is 36.3 Å². The molecule has 0 bridgehead atoms. The average molecular weight is 588 g/mol. The molecule has 3 rings (SSSR count). The lowest BCUT2D eigenvalue weighted by molar-refractivity contribution is 0.0149. The van der Waals surface area contributed by atoms with Gasteiger partial charge in [-0.3, -0.25) is 9.21 Å². The van der Waals surface area contributed by atoms with Crippen molar-refractivity contribution in [3.63, 3.8) is 0 Å². The van der Waals surface area contributed by atoms with E-state index >= 15 is 0 Å².